The van der Waals surface area contributed by atoms with Gasteiger partial charge in [0.1, 0.15) is 0 Å². The lowest BCUT2D eigenvalue weighted by molar-refractivity contribution is 0.300. The fourth-order valence-electron chi connectivity index (χ4n) is 0.415. The number of aliphatic hydroxyl groups excluding tert-OH is 1. The highest BCUT2D eigenvalue weighted by molar-refractivity contribution is 8.00. The zero-order valence-corrected chi connectivity index (χ0v) is 7.58. The number of rotatable bonds is 5. The second-order valence-corrected chi connectivity index (χ2v) is 3.83. The first-order valence-corrected chi connectivity index (χ1v) is 4.64. The molecule has 1 atom stereocenters. The van der Waals surface area contributed by atoms with Gasteiger partial charge in [0.15, 0.2) is 0 Å². The van der Waals surface area contributed by atoms with Gasteiger partial charge in [-0.05, 0) is 6.42 Å². The van der Waals surface area contributed by atoms with E-state index in [0.29, 0.717) is 5.25 Å². The zero-order valence-electron chi connectivity index (χ0n) is 6.76. The molecule has 0 radical (unpaired) electrons. The predicted molar refractivity (Wildman–Crippen MR) is 48.4 cm³/mol. The largest absolute Gasteiger partial charge is 0.395 e. The molecule has 0 rings (SSSR count). The van der Waals surface area contributed by atoms with Crippen molar-refractivity contribution in [3.05, 3.63) is 12.2 Å². The van der Waals surface area contributed by atoms with Gasteiger partial charge in [-0.15, -0.1) is 0 Å². The Morgan fingerprint density at radius 2 is 2.30 bits per heavy atom. The molecule has 0 saturated heterocycles. The Balaban J connectivity index is 3.26. The molecule has 0 aliphatic carbocycles. The molecule has 1 nitrogen and oxygen atoms in total. The van der Waals surface area contributed by atoms with E-state index in [-0.39, 0.29) is 6.61 Å². The van der Waals surface area contributed by atoms with Gasteiger partial charge in [-0.3, -0.25) is 0 Å². The van der Waals surface area contributed by atoms with E-state index >= 15 is 0 Å². The lowest BCUT2D eigenvalue weighted by Gasteiger charge is -2.07. The molecule has 0 saturated carbocycles. The summed E-state index contributed by atoms with van der Waals surface area (Å²) in [5.41, 5.74) is 1.25. The fourth-order valence-corrected chi connectivity index (χ4v) is 1.24. The minimum Gasteiger partial charge on any atom is -0.395 e. The Morgan fingerprint density at radius 1 is 1.70 bits per heavy atom. The molecule has 2 heteroatoms. The zero-order chi connectivity index (χ0) is 7.98. The average Bonchev–Trinajstić information content (AvgIpc) is 1.99. The van der Waals surface area contributed by atoms with Crippen LogP contribution in [0.25, 0.3) is 0 Å². The number of hydrogen-bond donors (Lipinski definition) is 1. The van der Waals surface area contributed by atoms with Crippen molar-refractivity contribution in [2.45, 2.75) is 25.5 Å². The molecule has 0 aromatic carbocycles. The van der Waals surface area contributed by atoms with Crippen LogP contribution in [0, 0.1) is 0 Å². The van der Waals surface area contributed by atoms with Gasteiger partial charge in [0, 0.05) is 11.0 Å². The lowest BCUT2D eigenvalue weighted by atomic mass is 10.3. The molecule has 1 unspecified atom stereocenters. The van der Waals surface area contributed by atoms with Gasteiger partial charge in [-0.25, -0.2) is 0 Å². The predicted octanol–water partition coefficient (Wildman–Crippen LogP) is 2.07. The average molecular weight is 160 g/mol. The highest BCUT2D eigenvalue weighted by atomic mass is 32.2. The molecule has 1 N–H and O–H groups in total. The molecule has 0 bridgehead atoms. The van der Waals surface area contributed by atoms with E-state index in [1.807, 2.05) is 6.92 Å². The van der Waals surface area contributed by atoms with Gasteiger partial charge >= 0.3 is 0 Å². The summed E-state index contributed by atoms with van der Waals surface area (Å²) >= 11 is 1.76. The van der Waals surface area contributed by atoms with Gasteiger partial charge in [-0.1, -0.05) is 26.0 Å². The summed E-state index contributed by atoms with van der Waals surface area (Å²) in [5, 5.41) is 9.02. The van der Waals surface area contributed by atoms with Crippen molar-refractivity contribution in [1.82, 2.24) is 0 Å². The molecule has 0 fully saturated rings. The third-order valence-electron chi connectivity index (χ3n) is 1.33. The molecule has 60 valence electrons. The molecule has 0 aromatic rings. The number of aliphatic hydroxyl groups is 1. The first-order valence-electron chi connectivity index (χ1n) is 3.59. The Bertz CT molecular complexity index is 101. The third-order valence-corrected chi connectivity index (χ3v) is 2.62. The van der Waals surface area contributed by atoms with Gasteiger partial charge in [0.25, 0.3) is 0 Å². The number of hydrogen-bond acceptors (Lipinski definition) is 2. The van der Waals surface area contributed by atoms with Crippen LogP contribution in [-0.4, -0.2) is 22.7 Å². The summed E-state index contributed by atoms with van der Waals surface area (Å²) in [4.78, 5) is 0. The van der Waals surface area contributed by atoms with Gasteiger partial charge in [-0.2, -0.15) is 11.8 Å². The van der Waals surface area contributed by atoms with Crippen LogP contribution in [0.3, 0.4) is 0 Å². The third kappa shape index (κ3) is 4.89. The van der Waals surface area contributed by atoms with Crippen molar-refractivity contribution >= 4 is 11.8 Å². The molecule has 10 heavy (non-hydrogen) atoms. The van der Waals surface area contributed by atoms with Crippen molar-refractivity contribution in [1.29, 1.82) is 0 Å². The minimum atomic E-state index is 0.266. The maximum Gasteiger partial charge on any atom is 0.0547 e. The van der Waals surface area contributed by atoms with Crippen molar-refractivity contribution in [2.24, 2.45) is 0 Å². The summed E-state index contributed by atoms with van der Waals surface area (Å²) in [6.45, 7) is 8.27. The highest BCUT2D eigenvalue weighted by Crippen LogP contribution is 2.14. The van der Waals surface area contributed by atoms with Crippen molar-refractivity contribution in [3.8, 4) is 0 Å². The Morgan fingerprint density at radius 3 is 2.70 bits per heavy atom. The first-order chi connectivity index (χ1) is 4.70. The van der Waals surface area contributed by atoms with Gasteiger partial charge in [0.2, 0.25) is 0 Å². The fraction of sp³-hybridized carbons (Fsp3) is 0.750. The molecular weight excluding hydrogens is 144 g/mol. The summed E-state index contributed by atoms with van der Waals surface area (Å²) in [5.74, 6) is 0.984. The summed E-state index contributed by atoms with van der Waals surface area (Å²) in [7, 11) is 0. The van der Waals surface area contributed by atoms with Crippen molar-refractivity contribution < 1.29 is 5.11 Å². The molecule has 0 amide bonds. The standard InChI is InChI=1S/C8H16OS/c1-4-7(2)6-10-8(3)5-9/h8-9H,2,4-6H2,1,3H3. The van der Waals surface area contributed by atoms with Crippen LogP contribution in [0.15, 0.2) is 12.2 Å². The topological polar surface area (TPSA) is 20.2 Å². The smallest absolute Gasteiger partial charge is 0.0547 e. The quantitative estimate of drug-likeness (QED) is 0.621. The van der Waals surface area contributed by atoms with Crippen LogP contribution in [-0.2, 0) is 0 Å². The number of thioether (sulfide) groups is 1. The van der Waals surface area contributed by atoms with Crippen LogP contribution in [0.4, 0.5) is 0 Å². The molecule has 0 aromatic heterocycles. The van der Waals surface area contributed by atoms with E-state index in [1.165, 1.54) is 5.57 Å². The maximum atomic E-state index is 8.67. The minimum absolute atomic E-state index is 0.266. The van der Waals surface area contributed by atoms with Crippen molar-refractivity contribution in [3.63, 3.8) is 0 Å². The Labute approximate surface area is 67.5 Å². The lowest BCUT2D eigenvalue weighted by Crippen LogP contribution is -2.03. The molecular formula is C8H16OS. The van der Waals surface area contributed by atoms with E-state index in [4.69, 9.17) is 5.11 Å². The Hall–Kier alpha value is 0.0500. The SMILES string of the molecule is C=C(CC)CSC(C)CO. The Kier molecular flexibility index (Phi) is 5.84. The van der Waals surface area contributed by atoms with E-state index in [2.05, 4.69) is 13.5 Å². The second-order valence-electron chi connectivity index (χ2n) is 2.41. The normalized spacial score (nSPS) is 13.1. The van der Waals surface area contributed by atoms with Crippen LogP contribution in [0.5, 0.6) is 0 Å². The first kappa shape index (κ1) is 10.0. The molecule has 0 spiro atoms. The van der Waals surface area contributed by atoms with Gasteiger partial charge < -0.3 is 5.11 Å². The van der Waals surface area contributed by atoms with Crippen LogP contribution < -0.4 is 0 Å². The second kappa shape index (κ2) is 5.81. The van der Waals surface area contributed by atoms with Gasteiger partial charge in [0.05, 0.1) is 6.61 Å². The van der Waals surface area contributed by atoms with Crippen LogP contribution >= 0.6 is 11.8 Å². The summed E-state index contributed by atoms with van der Waals surface area (Å²) < 4.78 is 0. The van der Waals surface area contributed by atoms with E-state index in [9.17, 15) is 0 Å². The summed E-state index contributed by atoms with van der Waals surface area (Å²) in [6.07, 6.45) is 1.05. The van der Waals surface area contributed by atoms with E-state index < -0.39 is 0 Å². The maximum absolute atomic E-state index is 8.67. The molecule has 0 aliphatic heterocycles. The van der Waals surface area contributed by atoms with E-state index in [0.717, 1.165) is 12.2 Å². The van der Waals surface area contributed by atoms with Crippen LogP contribution in [0.2, 0.25) is 0 Å². The van der Waals surface area contributed by atoms with Crippen molar-refractivity contribution in [2.75, 3.05) is 12.4 Å². The molecule has 0 heterocycles. The summed E-state index contributed by atoms with van der Waals surface area (Å²) in [6, 6.07) is 0. The molecule has 0 aliphatic rings. The monoisotopic (exact) mass is 160 g/mol. The highest BCUT2D eigenvalue weighted by Gasteiger charge is 1.99. The van der Waals surface area contributed by atoms with E-state index in [1.54, 1.807) is 11.8 Å². The van der Waals surface area contributed by atoms with Crippen LogP contribution in [0.1, 0.15) is 20.3 Å².